The molecular formula is C17H32N2O2+2. The smallest absolute Gasteiger partial charge is 0.160 e. The van der Waals surface area contributed by atoms with Gasteiger partial charge in [0.25, 0.3) is 0 Å². The molecule has 0 N–H and O–H groups in total. The highest BCUT2D eigenvalue weighted by atomic mass is 16.1. The Kier molecular flexibility index (Phi) is 8.37. The molecule has 0 unspecified atom stereocenters. The predicted octanol–water partition coefficient (Wildman–Crippen LogP) is 1.82. The van der Waals surface area contributed by atoms with Crippen molar-refractivity contribution in [2.45, 2.75) is 19.3 Å². The van der Waals surface area contributed by atoms with Crippen molar-refractivity contribution in [3.05, 3.63) is 25.3 Å². The van der Waals surface area contributed by atoms with Gasteiger partial charge in [-0.2, -0.15) is 0 Å². The fourth-order valence-electron chi connectivity index (χ4n) is 2.18. The second-order valence-corrected chi connectivity index (χ2v) is 6.96. The van der Waals surface area contributed by atoms with Crippen molar-refractivity contribution in [1.29, 1.82) is 0 Å². The van der Waals surface area contributed by atoms with Crippen molar-refractivity contribution in [2.75, 3.05) is 54.4 Å². The van der Waals surface area contributed by atoms with Crippen LogP contribution in [-0.4, -0.2) is 74.9 Å². The summed E-state index contributed by atoms with van der Waals surface area (Å²) in [5.41, 5.74) is 0. The first-order chi connectivity index (χ1) is 9.62. The van der Waals surface area contributed by atoms with E-state index in [0.717, 1.165) is 41.6 Å². The lowest BCUT2D eigenvalue weighted by atomic mass is 10.2. The number of carbonyl (C=O) groups excluding carboxylic acids is 2. The van der Waals surface area contributed by atoms with Gasteiger partial charge in [0.05, 0.1) is 67.2 Å². The van der Waals surface area contributed by atoms with Crippen LogP contribution in [0.2, 0.25) is 0 Å². The molecule has 0 aromatic carbocycles. The van der Waals surface area contributed by atoms with Crippen LogP contribution >= 0.6 is 0 Å². The van der Waals surface area contributed by atoms with Crippen molar-refractivity contribution >= 4 is 11.6 Å². The van der Waals surface area contributed by atoms with E-state index in [1.807, 2.05) is 0 Å². The molecule has 4 heteroatoms. The summed E-state index contributed by atoms with van der Waals surface area (Å²) in [7, 11) is 8.60. The van der Waals surface area contributed by atoms with E-state index in [9.17, 15) is 9.59 Å². The van der Waals surface area contributed by atoms with Crippen molar-refractivity contribution in [1.82, 2.24) is 0 Å². The third kappa shape index (κ3) is 10.2. The lowest BCUT2D eigenvalue weighted by Gasteiger charge is -2.33. The maximum Gasteiger partial charge on any atom is 0.160 e. The predicted molar refractivity (Wildman–Crippen MR) is 87.9 cm³/mol. The molecule has 0 aliphatic heterocycles. The molecule has 0 amide bonds. The van der Waals surface area contributed by atoms with Gasteiger partial charge in [-0.25, -0.2) is 0 Å². The Labute approximate surface area is 129 Å². The lowest BCUT2D eigenvalue weighted by molar-refractivity contribution is -0.908. The highest BCUT2D eigenvalue weighted by Crippen LogP contribution is 2.07. The van der Waals surface area contributed by atoms with Crippen molar-refractivity contribution in [2.24, 2.45) is 0 Å². The molecule has 0 aliphatic rings. The van der Waals surface area contributed by atoms with Crippen LogP contribution in [0.15, 0.2) is 25.3 Å². The first kappa shape index (κ1) is 19.7. The number of rotatable bonds is 12. The summed E-state index contributed by atoms with van der Waals surface area (Å²) in [6, 6.07) is 0. The molecule has 0 aromatic rings. The van der Waals surface area contributed by atoms with Crippen LogP contribution in [0.5, 0.6) is 0 Å². The SMILES string of the molecule is C=CC(=O)CC[N+](C)(C)CCC[N+](C)(C)CCC(=O)C=C. The van der Waals surface area contributed by atoms with Gasteiger partial charge in [0.2, 0.25) is 0 Å². The zero-order valence-corrected chi connectivity index (χ0v) is 14.2. The number of allylic oxidation sites excluding steroid dienone is 2. The summed E-state index contributed by atoms with van der Waals surface area (Å²) in [5, 5.41) is 0. The zero-order valence-electron chi connectivity index (χ0n) is 14.2. The minimum Gasteiger partial charge on any atom is -0.328 e. The van der Waals surface area contributed by atoms with Crippen LogP contribution in [-0.2, 0) is 9.59 Å². The van der Waals surface area contributed by atoms with Crippen molar-refractivity contribution in [3.63, 3.8) is 0 Å². The summed E-state index contributed by atoms with van der Waals surface area (Å²) >= 11 is 0. The summed E-state index contributed by atoms with van der Waals surface area (Å²) in [5.74, 6) is 0.223. The average Bonchev–Trinajstić information content (AvgIpc) is 2.41. The Morgan fingerprint density at radius 1 is 0.762 bits per heavy atom. The quantitative estimate of drug-likeness (QED) is 0.407. The summed E-state index contributed by atoms with van der Waals surface area (Å²) in [4.78, 5) is 22.6. The molecule has 21 heavy (non-hydrogen) atoms. The van der Waals surface area contributed by atoms with E-state index in [0.29, 0.717) is 12.8 Å². The standard InChI is InChI=1S/C17H32N2O2/c1-7-16(20)10-14-18(3,4)12-9-13-19(5,6)15-11-17(21)8-2/h7-8H,1-2,9-15H2,3-6H3/q+2. The van der Waals surface area contributed by atoms with Gasteiger partial charge in [0.1, 0.15) is 0 Å². The van der Waals surface area contributed by atoms with Gasteiger partial charge >= 0.3 is 0 Å². The van der Waals surface area contributed by atoms with Crippen LogP contribution in [0.4, 0.5) is 0 Å². The van der Waals surface area contributed by atoms with Gasteiger partial charge in [-0.1, -0.05) is 13.2 Å². The van der Waals surface area contributed by atoms with E-state index < -0.39 is 0 Å². The van der Waals surface area contributed by atoms with E-state index in [-0.39, 0.29) is 11.6 Å². The second-order valence-electron chi connectivity index (χ2n) is 6.96. The molecule has 0 heterocycles. The highest BCUT2D eigenvalue weighted by Gasteiger charge is 2.20. The molecule has 0 atom stereocenters. The first-order valence-electron chi connectivity index (χ1n) is 7.56. The first-order valence-corrected chi connectivity index (χ1v) is 7.56. The van der Waals surface area contributed by atoms with Crippen LogP contribution in [0.25, 0.3) is 0 Å². The van der Waals surface area contributed by atoms with Crippen LogP contribution < -0.4 is 0 Å². The second kappa shape index (κ2) is 8.90. The number of ketones is 2. The number of hydrogen-bond acceptors (Lipinski definition) is 2. The molecule has 0 saturated heterocycles. The van der Waals surface area contributed by atoms with Crippen molar-refractivity contribution in [3.8, 4) is 0 Å². The van der Waals surface area contributed by atoms with Gasteiger partial charge in [-0.3, -0.25) is 9.59 Å². The van der Waals surface area contributed by atoms with Gasteiger partial charge in [0.15, 0.2) is 11.6 Å². The van der Waals surface area contributed by atoms with Gasteiger partial charge < -0.3 is 8.97 Å². The molecule has 0 aromatic heterocycles. The lowest BCUT2D eigenvalue weighted by Crippen LogP contribution is -2.46. The number of carbonyl (C=O) groups is 2. The Hall–Kier alpha value is -1.26. The molecule has 120 valence electrons. The highest BCUT2D eigenvalue weighted by molar-refractivity contribution is 5.89. The monoisotopic (exact) mass is 296 g/mol. The van der Waals surface area contributed by atoms with Gasteiger partial charge in [0, 0.05) is 6.42 Å². The molecule has 0 aliphatic carbocycles. The van der Waals surface area contributed by atoms with Crippen LogP contribution in [0.3, 0.4) is 0 Å². The van der Waals surface area contributed by atoms with E-state index >= 15 is 0 Å². The van der Waals surface area contributed by atoms with Crippen LogP contribution in [0.1, 0.15) is 19.3 Å². The molecular weight excluding hydrogens is 264 g/mol. The molecule has 0 rings (SSSR count). The minimum atomic E-state index is 0.111. The Morgan fingerprint density at radius 2 is 1.10 bits per heavy atom. The minimum absolute atomic E-state index is 0.111. The third-order valence-electron chi connectivity index (χ3n) is 3.91. The summed E-state index contributed by atoms with van der Waals surface area (Å²) in [6.45, 7) is 10.7. The van der Waals surface area contributed by atoms with Crippen molar-refractivity contribution < 1.29 is 18.6 Å². The fraction of sp³-hybridized carbons (Fsp3) is 0.647. The summed E-state index contributed by atoms with van der Waals surface area (Å²) in [6.07, 6.45) is 4.99. The topological polar surface area (TPSA) is 34.1 Å². The average molecular weight is 296 g/mol. The van der Waals surface area contributed by atoms with E-state index in [1.54, 1.807) is 0 Å². The molecule has 4 nitrogen and oxygen atoms in total. The largest absolute Gasteiger partial charge is 0.328 e. The fourth-order valence-corrected chi connectivity index (χ4v) is 2.18. The summed E-state index contributed by atoms with van der Waals surface area (Å²) < 4.78 is 1.68. The number of hydrogen-bond donors (Lipinski definition) is 0. The number of quaternary nitrogens is 2. The molecule has 0 radical (unpaired) electrons. The Bertz CT molecular complexity index is 348. The molecule has 0 spiro atoms. The van der Waals surface area contributed by atoms with Crippen LogP contribution in [0, 0.1) is 0 Å². The Morgan fingerprint density at radius 3 is 1.38 bits per heavy atom. The molecule has 0 fully saturated rings. The van der Waals surface area contributed by atoms with Gasteiger partial charge in [-0.15, -0.1) is 0 Å². The zero-order chi connectivity index (χ0) is 16.5. The normalized spacial score (nSPS) is 12.0. The third-order valence-corrected chi connectivity index (χ3v) is 3.91. The molecule has 0 bridgehead atoms. The maximum atomic E-state index is 11.3. The maximum absolute atomic E-state index is 11.3. The van der Waals surface area contributed by atoms with E-state index in [1.165, 1.54) is 12.2 Å². The van der Waals surface area contributed by atoms with Gasteiger partial charge in [-0.05, 0) is 12.2 Å². The molecule has 0 saturated carbocycles. The van der Waals surface area contributed by atoms with E-state index in [2.05, 4.69) is 41.3 Å². The Balaban J connectivity index is 4.08. The van der Waals surface area contributed by atoms with E-state index in [4.69, 9.17) is 0 Å². The number of nitrogens with zero attached hydrogens (tertiary/aromatic N) is 2.